The molecule has 3 aromatic rings. The Morgan fingerprint density at radius 3 is 2.74 bits per heavy atom. The topological polar surface area (TPSA) is 43.6 Å². The van der Waals surface area contributed by atoms with Gasteiger partial charge >= 0.3 is 6.18 Å². The van der Waals surface area contributed by atoms with Crippen molar-refractivity contribution in [1.29, 1.82) is 0 Å². The highest BCUT2D eigenvalue weighted by atomic mass is 79.9. The van der Waals surface area contributed by atoms with Gasteiger partial charge in [-0.2, -0.15) is 13.2 Å². The monoisotopic (exact) mass is 422 g/mol. The van der Waals surface area contributed by atoms with E-state index in [1.165, 1.54) is 17.5 Å². The molecule has 4 nitrogen and oxygen atoms in total. The molecule has 23 heavy (non-hydrogen) atoms. The molecule has 122 valence electrons. The second kappa shape index (κ2) is 6.06. The lowest BCUT2D eigenvalue weighted by atomic mass is 10.3. The third-order valence-corrected chi connectivity index (χ3v) is 5.60. The molecule has 3 rings (SSSR count). The van der Waals surface area contributed by atoms with Gasteiger partial charge in [-0.05, 0) is 27.7 Å². The summed E-state index contributed by atoms with van der Waals surface area (Å²) < 4.78 is 40.8. The number of nitrogens with zero attached hydrogens (tertiary/aromatic N) is 4. The van der Waals surface area contributed by atoms with Crippen molar-refractivity contribution in [1.82, 2.24) is 19.5 Å². The van der Waals surface area contributed by atoms with Crippen LogP contribution in [0.5, 0.6) is 0 Å². The van der Waals surface area contributed by atoms with Crippen molar-refractivity contribution >= 4 is 50.1 Å². The first-order valence-corrected chi connectivity index (χ1v) is 9.10. The number of alkyl halides is 3. The quantitative estimate of drug-likeness (QED) is 0.557. The summed E-state index contributed by atoms with van der Waals surface area (Å²) in [6, 6.07) is 0.974. The van der Waals surface area contributed by atoms with E-state index >= 15 is 0 Å². The molecule has 0 saturated carbocycles. The Morgan fingerprint density at radius 2 is 2.09 bits per heavy atom. The zero-order chi connectivity index (χ0) is 16.8. The van der Waals surface area contributed by atoms with Gasteiger partial charge in [-0.25, -0.2) is 15.0 Å². The van der Waals surface area contributed by atoms with E-state index in [9.17, 15) is 13.2 Å². The maximum absolute atomic E-state index is 12.8. The van der Waals surface area contributed by atoms with Gasteiger partial charge in [0.25, 0.3) is 0 Å². The smallest absolute Gasteiger partial charge is 0.325 e. The molecule has 0 unspecified atom stereocenters. The van der Waals surface area contributed by atoms with Gasteiger partial charge in [0.2, 0.25) is 0 Å². The van der Waals surface area contributed by atoms with Crippen LogP contribution < -0.4 is 0 Å². The van der Waals surface area contributed by atoms with E-state index in [2.05, 4.69) is 30.9 Å². The third-order valence-electron chi connectivity index (χ3n) is 3.11. The van der Waals surface area contributed by atoms with Crippen molar-refractivity contribution in [3.05, 3.63) is 21.9 Å². The van der Waals surface area contributed by atoms with E-state index < -0.39 is 11.9 Å². The number of rotatable bonds is 3. The first-order chi connectivity index (χ1) is 10.8. The minimum atomic E-state index is -4.48. The fourth-order valence-corrected chi connectivity index (χ4v) is 4.61. The molecule has 0 spiro atoms. The normalized spacial score (nSPS) is 12.3. The maximum atomic E-state index is 12.8. The number of pyridine rings is 1. The Kier molecular flexibility index (Phi) is 4.41. The van der Waals surface area contributed by atoms with E-state index in [0.717, 1.165) is 21.7 Å². The SMILES string of the molecule is CCSc1nc(Br)sc1-c1nc2cc(C(F)(F)F)ncc2n1C. The predicted octanol–water partition coefficient (Wildman–Crippen LogP) is 4.99. The van der Waals surface area contributed by atoms with Crippen LogP contribution in [0.3, 0.4) is 0 Å². The molecular weight excluding hydrogens is 413 g/mol. The van der Waals surface area contributed by atoms with Crippen molar-refractivity contribution in [2.45, 2.75) is 18.1 Å². The van der Waals surface area contributed by atoms with Crippen LogP contribution in [0.25, 0.3) is 21.7 Å². The molecule has 0 saturated heterocycles. The molecular formula is C13H10BrF3N4S2. The van der Waals surface area contributed by atoms with Crippen molar-refractivity contribution in [2.24, 2.45) is 7.05 Å². The first-order valence-electron chi connectivity index (χ1n) is 6.50. The number of thiazole rings is 1. The number of thioether (sulfide) groups is 1. The number of halogens is 4. The number of imidazole rings is 1. The largest absolute Gasteiger partial charge is 0.433 e. The summed E-state index contributed by atoms with van der Waals surface area (Å²) in [5.74, 6) is 1.42. The Bertz CT molecular complexity index is 872. The van der Waals surface area contributed by atoms with Gasteiger partial charge in [0.15, 0.2) is 9.74 Å². The Morgan fingerprint density at radius 1 is 1.35 bits per heavy atom. The zero-order valence-corrected chi connectivity index (χ0v) is 15.2. The molecule has 0 bridgehead atoms. The second-order valence-corrected chi connectivity index (χ2v) is 8.11. The lowest BCUT2D eigenvalue weighted by Crippen LogP contribution is -2.07. The van der Waals surface area contributed by atoms with Crippen LogP contribution in [0, 0.1) is 0 Å². The van der Waals surface area contributed by atoms with Gasteiger partial charge in [0.1, 0.15) is 15.6 Å². The summed E-state index contributed by atoms with van der Waals surface area (Å²) in [6.07, 6.45) is -3.28. The molecule has 0 aromatic carbocycles. The molecule has 0 aliphatic carbocycles. The molecule has 0 aliphatic rings. The summed E-state index contributed by atoms with van der Waals surface area (Å²) in [5.41, 5.74) is -0.130. The summed E-state index contributed by atoms with van der Waals surface area (Å²) in [6.45, 7) is 2.01. The summed E-state index contributed by atoms with van der Waals surface area (Å²) in [7, 11) is 1.76. The van der Waals surface area contributed by atoms with E-state index in [-0.39, 0.29) is 5.52 Å². The molecule has 3 aromatic heterocycles. The minimum Gasteiger partial charge on any atom is -0.325 e. The van der Waals surface area contributed by atoms with Crippen LogP contribution in [-0.2, 0) is 13.2 Å². The lowest BCUT2D eigenvalue weighted by Gasteiger charge is -2.04. The molecule has 0 aliphatic heterocycles. The van der Waals surface area contributed by atoms with Crippen molar-refractivity contribution in [2.75, 3.05) is 5.75 Å². The second-order valence-electron chi connectivity index (χ2n) is 4.58. The van der Waals surface area contributed by atoms with E-state index in [0.29, 0.717) is 15.3 Å². The molecule has 3 heterocycles. The average Bonchev–Trinajstić information content (AvgIpc) is 2.99. The number of fused-ring (bicyclic) bond motifs is 1. The maximum Gasteiger partial charge on any atom is 0.433 e. The fraction of sp³-hybridized carbons (Fsp3) is 0.308. The highest BCUT2D eigenvalue weighted by Gasteiger charge is 2.33. The standard InChI is InChI=1S/C13H10BrF3N4S2/c1-3-22-11-9(23-12(14)20-11)10-19-6-4-8(13(15,16)17)18-5-7(6)21(10)2/h4-5H,3H2,1-2H3. The zero-order valence-electron chi connectivity index (χ0n) is 12.0. The molecule has 0 N–H and O–H groups in total. The Hall–Kier alpha value is -1.13. The van der Waals surface area contributed by atoms with Crippen molar-refractivity contribution in [3.8, 4) is 10.7 Å². The van der Waals surface area contributed by atoms with Crippen LogP contribution in [0.2, 0.25) is 0 Å². The van der Waals surface area contributed by atoms with Crippen LogP contribution in [0.15, 0.2) is 21.2 Å². The summed E-state index contributed by atoms with van der Waals surface area (Å²) >= 11 is 6.32. The third kappa shape index (κ3) is 3.11. The van der Waals surface area contributed by atoms with E-state index in [1.807, 2.05) is 6.92 Å². The molecule has 0 amide bonds. The minimum absolute atomic E-state index is 0.266. The highest BCUT2D eigenvalue weighted by molar-refractivity contribution is 9.11. The van der Waals surface area contributed by atoms with Crippen LogP contribution in [0.4, 0.5) is 13.2 Å². The van der Waals surface area contributed by atoms with Crippen molar-refractivity contribution in [3.63, 3.8) is 0 Å². The average molecular weight is 423 g/mol. The molecule has 0 radical (unpaired) electrons. The lowest BCUT2D eigenvalue weighted by molar-refractivity contribution is -0.141. The summed E-state index contributed by atoms with van der Waals surface area (Å²) in [5, 5.41) is 0.812. The Labute approximate surface area is 146 Å². The van der Waals surface area contributed by atoms with Gasteiger partial charge in [-0.3, -0.25) is 0 Å². The van der Waals surface area contributed by atoms with Crippen molar-refractivity contribution < 1.29 is 13.2 Å². The molecule has 0 atom stereocenters. The Balaban J connectivity index is 2.17. The molecule has 10 heteroatoms. The van der Waals surface area contributed by atoms with Crippen LogP contribution in [0.1, 0.15) is 12.6 Å². The van der Waals surface area contributed by atoms with Crippen LogP contribution in [-0.4, -0.2) is 25.3 Å². The number of hydrogen-bond donors (Lipinski definition) is 0. The fourth-order valence-electron chi connectivity index (χ4n) is 2.10. The van der Waals surface area contributed by atoms with E-state index in [1.54, 1.807) is 23.4 Å². The van der Waals surface area contributed by atoms with Gasteiger partial charge < -0.3 is 4.57 Å². The summed E-state index contributed by atoms with van der Waals surface area (Å²) in [4.78, 5) is 13.1. The first kappa shape index (κ1) is 16.7. The molecule has 0 fully saturated rings. The van der Waals surface area contributed by atoms with Gasteiger partial charge in [-0.15, -0.1) is 23.1 Å². The number of hydrogen-bond acceptors (Lipinski definition) is 5. The van der Waals surface area contributed by atoms with Gasteiger partial charge in [0, 0.05) is 7.05 Å². The van der Waals surface area contributed by atoms with Crippen LogP contribution >= 0.6 is 39.0 Å². The predicted molar refractivity (Wildman–Crippen MR) is 88.7 cm³/mol. The number of aromatic nitrogens is 4. The van der Waals surface area contributed by atoms with E-state index in [4.69, 9.17) is 0 Å². The van der Waals surface area contributed by atoms with Gasteiger partial charge in [-0.1, -0.05) is 6.92 Å². The highest BCUT2D eigenvalue weighted by Crippen LogP contribution is 2.39. The number of aryl methyl sites for hydroxylation is 1. The van der Waals surface area contributed by atoms with Gasteiger partial charge in [0.05, 0.1) is 17.2 Å².